The summed E-state index contributed by atoms with van der Waals surface area (Å²) in [5, 5.41) is 0. The van der Waals surface area contributed by atoms with Crippen molar-refractivity contribution in [2.75, 3.05) is 11.5 Å². The van der Waals surface area contributed by atoms with Gasteiger partial charge in [0.05, 0.1) is 5.56 Å². The number of nitrogens with one attached hydrogen (secondary N) is 2. The summed E-state index contributed by atoms with van der Waals surface area (Å²) in [6.45, 7) is 4.42. The van der Waals surface area contributed by atoms with Crippen LogP contribution in [-0.2, 0) is 0 Å². The number of aromatic amines is 2. The molecule has 0 radical (unpaired) electrons. The summed E-state index contributed by atoms with van der Waals surface area (Å²) in [6.07, 6.45) is 1.96. The zero-order valence-corrected chi connectivity index (χ0v) is 11.6. The number of hydrogen-bond donors (Lipinski definition) is 3. The first-order valence-corrected chi connectivity index (χ1v) is 7.04. The van der Waals surface area contributed by atoms with Gasteiger partial charge in [-0.25, -0.2) is 0 Å². The Labute approximate surface area is 109 Å². The van der Waals surface area contributed by atoms with Gasteiger partial charge in [0.25, 0.3) is 5.56 Å². The van der Waals surface area contributed by atoms with Crippen LogP contribution < -0.4 is 11.3 Å². The molecule has 2 heterocycles. The van der Waals surface area contributed by atoms with E-state index in [1.165, 1.54) is 0 Å². The summed E-state index contributed by atoms with van der Waals surface area (Å²) in [5.41, 5.74) is 6.43. The maximum Gasteiger partial charge on any atom is 0.257 e. The second-order valence-electron chi connectivity index (χ2n) is 5.03. The summed E-state index contributed by atoms with van der Waals surface area (Å²) in [4.78, 5) is 17.4. The first-order chi connectivity index (χ1) is 7.89. The van der Waals surface area contributed by atoms with Gasteiger partial charge in [-0.2, -0.15) is 11.8 Å². The Morgan fingerprint density at radius 3 is 2.76 bits per heavy atom. The molecule has 0 saturated carbocycles. The Hall–Kier alpha value is -0.750. The SMILES string of the molecule is CC1(C)CC(c2c(N)[nH]c(=S)[nH]c2=O)CCS1. The highest BCUT2D eigenvalue weighted by Gasteiger charge is 2.31. The Kier molecular flexibility index (Phi) is 3.36. The lowest BCUT2D eigenvalue weighted by molar-refractivity contribution is 0.502. The lowest BCUT2D eigenvalue weighted by Crippen LogP contribution is -2.29. The van der Waals surface area contributed by atoms with E-state index in [1.807, 2.05) is 11.8 Å². The van der Waals surface area contributed by atoms with Crippen molar-refractivity contribution in [2.24, 2.45) is 0 Å². The van der Waals surface area contributed by atoms with Gasteiger partial charge in [-0.3, -0.25) is 9.78 Å². The fourth-order valence-corrected chi connectivity index (χ4v) is 3.87. The zero-order valence-electron chi connectivity index (χ0n) is 10.0. The second kappa shape index (κ2) is 4.49. The van der Waals surface area contributed by atoms with Crippen LogP contribution in [0.2, 0.25) is 0 Å². The molecule has 1 atom stereocenters. The molecule has 0 aromatic carbocycles. The summed E-state index contributed by atoms with van der Waals surface area (Å²) in [7, 11) is 0. The number of aromatic nitrogens is 2. The van der Waals surface area contributed by atoms with E-state index in [0.29, 0.717) is 16.2 Å². The number of nitrogen functional groups attached to an aromatic ring is 1. The van der Waals surface area contributed by atoms with E-state index in [-0.39, 0.29) is 16.2 Å². The van der Waals surface area contributed by atoms with Gasteiger partial charge in [0.2, 0.25) is 0 Å². The minimum absolute atomic E-state index is 0.140. The number of thioether (sulfide) groups is 1. The Bertz CT molecular complexity index is 532. The van der Waals surface area contributed by atoms with Crippen molar-refractivity contribution in [1.82, 2.24) is 9.97 Å². The third-order valence-corrected chi connectivity index (χ3v) is 4.71. The van der Waals surface area contributed by atoms with Gasteiger partial charge >= 0.3 is 0 Å². The Morgan fingerprint density at radius 2 is 2.18 bits per heavy atom. The molecule has 2 rings (SSSR count). The van der Waals surface area contributed by atoms with Gasteiger partial charge < -0.3 is 10.7 Å². The van der Waals surface area contributed by atoms with Gasteiger partial charge in [-0.05, 0) is 36.7 Å². The van der Waals surface area contributed by atoms with Gasteiger partial charge in [0.15, 0.2) is 4.77 Å². The molecule has 1 aromatic rings. The van der Waals surface area contributed by atoms with E-state index in [2.05, 4.69) is 23.8 Å². The highest BCUT2D eigenvalue weighted by atomic mass is 32.2. The molecule has 0 amide bonds. The van der Waals surface area contributed by atoms with Crippen LogP contribution in [0.15, 0.2) is 4.79 Å². The molecule has 0 spiro atoms. The Morgan fingerprint density at radius 1 is 1.47 bits per heavy atom. The molecule has 4 nitrogen and oxygen atoms in total. The quantitative estimate of drug-likeness (QED) is 0.686. The molecule has 1 aromatic heterocycles. The predicted molar refractivity (Wildman–Crippen MR) is 75.2 cm³/mol. The highest BCUT2D eigenvalue weighted by molar-refractivity contribution is 8.00. The first-order valence-electron chi connectivity index (χ1n) is 5.65. The van der Waals surface area contributed by atoms with E-state index < -0.39 is 0 Å². The van der Waals surface area contributed by atoms with Gasteiger partial charge in [-0.15, -0.1) is 0 Å². The summed E-state index contributed by atoms with van der Waals surface area (Å²) >= 11 is 6.85. The largest absolute Gasteiger partial charge is 0.385 e. The van der Waals surface area contributed by atoms with Crippen molar-refractivity contribution in [3.63, 3.8) is 0 Å². The number of nitrogens with two attached hydrogens (primary N) is 1. The molecule has 1 fully saturated rings. The Balaban J connectivity index is 2.41. The third kappa shape index (κ3) is 2.74. The number of anilines is 1. The van der Waals surface area contributed by atoms with E-state index in [1.54, 1.807) is 0 Å². The van der Waals surface area contributed by atoms with Crippen molar-refractivity contribution in [1.29, 1.82) is 0 Å². The lowest BCUT2D eigenvalue weighted by Gasteiger charge is -2.34. The molecule has 0 aliphatic carbocycles. The minimum Gasteiger partial charge on any atom is -0.385 e. The maximum absolute atomic E-state index is 11.9. The monoisotopic (exact) mass is 271 g/mol. The second-order valence-corrected chi connectivity index (χ2v) is 7.24. The van der Waals surface area contributed by atoms with Gasteiger partial charge in [-0.1, -0.05) is 13.8 Å². The van der Waals surface area contributed by atoms with Crippen molar-refractivity contribution in [3.05, 3.63) is 20.7 Å². The molecule has 0 bridgehead atoms. The fourth-order valence-electron chi connectivity index (χ4n) is 2.40. The van der Waals surface area contributed by atoms with Crippen molar-refractivity contribution in [2.45, 2.75) is 37.4 Å². The maximum atomic E-state index is 11.9. The average Bonchev–Trinajstić information content (AvgIpc) is 2.13. The molecular formula is C11H17N3OS2. The first kappa shape index (κ1) is 12.7. The van der Waals surface area contributed by atoms with E-state index in [9.17, 15) is 4.79 Å². The van der Waals surface area contributed by atoms with E-state index in [4.69, 9.17) is 18.0 Å². The fraction of sp³-hybridized carbons (Fsp3) is 0.636. The smallest absolute Gasteiger partial charge is 0.257 e. The van der Waals surface area contributed by atoms with Gasteiger partial charge in [0, 0.05) is 4.75 Å². The lowest BCUT2D eigenvalue weighted by atomic mass is 9.88. The molecule has 4 N–H and O–H groups in total. The molecule has 1 aliphatic rings. The normalized spacial score (nSPS) is 23.5. The standard InChI is InChI=1S/C11H17N3OS2/c1-11(2)5-6(3-4-17-11)7-8(12)13-10(16)14-9(7)15/h6H,3-5H2,1-2H3,(H4,12,13,14,15,16). The average molecular weight is 271 g/mol. The third-order valence-electron chi connectivity index (χ3n) is 3.12. The van der Waals surface area contributed by atoms with Crippen LogP contribution in [-0.4, -0.2) is 20.5 Å². The van der Waals surface area contributed by atoms with E-state index >= 15 is 0 Å². The minimum atomic E-state index is -0.140. The summed E-state index contributed by atoms with van der Waals surface area (Å²) < 4.78 is 0.495. The van der Waals surface area contributed by atoms with Crippen LogP contribution >= 0.6 is 24.0 Å². The van der Waals surface area contributed by atoms with Crippen LogP contribution in [0.1, 0.15) is 38.2 Å². The van der Waals surface area contributed by atoms with Crippen LogP contribution in [0, 0.1) is 4.77 Å². The van der Waals surface area contributed by atoms with Crippen LogP contribution in [0.4, 0.5) is 5.82 Å². The summed E-state index contributed by atoms with van der Waals surface area (Å²) in [6, 6.07) is 0. The number of rotatable bonds is 1. The van der Waals surface area contributed by atoms with Crippen LogP contribution in [0.5, 0.6) is 0 Å². The van der Waals surface area contributed by atoms with Crippen molar-refractivity contribution >= 4 is 29.8 Å². The predicted octanol–water partition coefficient (Wildman–Crippen LogP) is 2.40. The molecule has 1 unspecified atom stereocenters. The van der Waals surface area contributed by atoms with Crippen molar-refractivity contribution in [3.8, 4) is 0 Å². The molecular weight excluding hydrogens is 254 g/mol. The number of H-pyrrole nitrogens is 2. The summed E-state index contributed by atoms with van der Waals surface area (Å²) in [5.74, 6) is 1.71. The van der Waals surface area contributed by atoms with Crippen LogP contribution in [0.25, 0.3) is 0 Å². The molecule has 1 aliphatic heterocycles. The topological polar surface area (TPSA) is 74.7 Å². The number of hydrogen-bond acceptors (Lipinski definition) is 4. The zero-order chi connectivity index (χ0) is 12.6. The van der Waals surface area contributed by atoms with Crippen LogP contribution in [0.3, 0.4) is 0 Å². The molecule has 94 valence electrons. The molecule has 1 saturated heterocycles. The molecule has 6 heteroatoms. The molecule has 17 heavy (non-hydrogen) atoms. The van der Waals surface area contributed by atoms with E-state index in [0.717, 1.165) is 18.6 Å². The highest BCUT2D eigenvalue weighted by Crippen LogP contribution is 2.43. The van der Waals surface area contributed by atoms with Crippen molar-refractivity contribution < 1.29 is 0 Å². The van der Waals surface area contributed by atoms with Gasteiger partial charge in [0.1, 0.15) is 5.82 Å².